The summed E-state index contributed by atoms with van der Waals surface area (Å²) < 4.78 is 2.32. The van der Waals surface area contributed by atoms with Crippen LogP contribution in [0.2, 0.25) is 0 Å². The minimum atomic E-state index is 0.859. The lowest BCUT2D eigenvalue weighted by Crippen LogP contribution is -2.33. The van der Waals surface area contributed by atoms with Gasteiger partial charge in [0.2, 0.25) is 0 Å². The average Bonchev–Trinajstić information content (AvgIpc) is 4.23. The number of benzene rings is 3. The maximum absolute atomic E-state index is 5.51. The Balaban J connectivity index is 0.969. The first kappa shape index (κ1) is 43.3. The number of hydrogen-bond donors (Lipinski definition) is 0. The Morgan fingerprint density at radius 2 is 0.797 bits per heavy atom. The Bertz CT molecular complexity index is 3260. The van der Waals surface area contributed by atoms with Crippen molar-refractivity contribution < 1.29 is 4.57 Å². The third kappa shape index (κ3) is 9.11. The van der Waals surface area contributed by atoms with Crippen molar-refractivity contribution in [1.29, 1.82) is 0 Å². The van der Waals surface area contributed by atoms with Crippen LogP contribution in [-0.4, -0.2) is 46.2 Å². The molecule has 0 unspecified atom stereocenters. The minimum absolute atomic E-state index is 0.859. The molecule has 11 rings (SSSR count). The monoisotopic (exact) mass is 896 g/mol. The standard InChI is InChI=1S/C62H54N7/c1-42-10-16-47(17-11-42)59-51-22-24-53(63-51)60(48-18-12-43(2)13-19-48)55-26-28-57(65-55)62(58-29-27-56(66-58)61(54-25-23-52(59)64-54)49-20-14-44(3)15-21-49)50-9-8-36-69(41-50)35-7-5-6-34-68-39-32-46(33-40-68)45-30-37-67(4)38-31-45/h8-33,36-41H,5-7,34-35H2,1-4H3/q+1. The van der Waals surface area contributed by atoms with E-state index in [0.29, 0.717) is 0 Å². The van der Waals surface area contributed by atoms with Crippen LogP contribution in [0.3, 0.4) is 0 Å². The van der Waals surface area contributed by atoms with E-state index in [1.807, 2.05) is 7.05 Å². The second-order valence-electron chi connectivity index (χ2n) is 18.4. The maximum Gasteiger partial charge on any atom is 0.176 e. The Kier molecular flexibility index (Phi) is 11.8. The second kappa shape index (κ2) is 18.8. The molecule has 0 fully saturated rings. The fraction of sp³-hybridized carbons (Fsp3) is 0.145. The lowest BCUT2D eigenvalue weighted by atomic mass is 9.97. The Morgan fingerprint density at radius 3 is 1.22 bits per heavy atom. The second-order valence-corrected chi connectivity index (χ2v) is 18.4. The summed E-state index contributed by atoms with van der Waals surface area (Å²) in [4.78, 5) is 26.3. The summed E-state index contributed by atoms with van der Waals surface area (Å²) in [7, 11) is 2.05. The molecule has 3 aromatic carbocycles. The Morgan fingerprint density at radius 1 is 0.406 bits per heavy atom. The van der Waals surface area contributed by atoms with E-state index >= 15 is 0 Å². The van der Waals surface area contributed by atoms with Crippen LogP contribution in [0.15, 0.2) is 249 Å². The number of unbranched alkanes of at least 4 members (excludes halogenated alkanes) is 2. The Labute approximate surface area is 405 Å². The van der Waals surface area contributed by atoms with Gasteiger partial charge in [0.15, 0.2) is 12.4 Å². The van der Waals surface area contributed by atoms with Crippen LogP contribution in [0.4, 0.5) is 0 Å². The zero-order valence-electron chi connectivity index (χ0n) is 39.6. The first-order valence-electron chi connectivity index (χ1n) is 24.0. The molecular formula is C62H54N7+. The summed E-state index contributed by atoms with van der Waals surface area (Å²) in [6.45, 7) is 8.25. The van der Waals surface area contributed by atoms with Crippen molar-refractivity contribution in [1.82, 2.24) is 9.80 Å². The SMILES string of the molecule is Cc1ccc(C2=C3C=CC(=N3)C(c3ccc(C)cc3)=C3C=CC(=N3)C(c3ccc[n+](CCCCCN4C=CC(=C5C=CN(C)C=C5)C=C4)c3)=C3C=CC(=N3)C(c3ccc(C)cc3)=C3C=CC2=N3)cc1. The van der Waals surface area contributed by atoms with Gasteiger partial charge in [0.25, 0.3) is 0 Å². The number of aryl methyl sites for hydroxylation is 4. The van der Waals surface area contributed by atoms with Gasteiger partial charge in [-0.15, -0.1) is 0 Å². The molecule has 7 nitrogen and oxygen atoms in total. The van der Waals surface area contributed by atoms with E-state index in [9.17, 15) is 0 Å². The quantitative estimate of drug-likeness (QED) is 0.118. The van der Waals surface area contributed by atoms with Crippen LogP contribution < -0.4 is 4.57 Å². The molecule has 0 N–H and O–H groups in total. The molecule has 0 spiro atoms. The molecule has 0 saturated heterocycles. The summed E-state index contributed by atoms with van der Waals surface area (Å²) in [6.07, 6.45) is 42.2. The number of aromatic nitrogens is 1. The van der Waals surface area contributed by atoms with Crippen LogP contribution in [-0.2, 0) is 6.54 Å². The number of hydrogen-bond acceptors (Lipinski definition) is 6. The van der Waals surface area contributed by atoms with Gasteiger partial charge in [-0.2, -0.15) is 0 Å². The third-order valence-electron chi connectivity index (χ3n) is 13.3. The predicted octanol–water partition coefficient (Wildman–Crippen LogP) is 12.7. The van der Waals surface area contributed by atoms with Crippen molar-refractivity contribution in [3.63, 3.8) is 0 Å². The van der Waals surface area contributed by atoms with Gasteiger partial charge in [0.1, 0.15) is 6.54 Å². The largest absolute Gasteiger partial charge is 0.357 e. The van der Waals surface area contributed by atoms with E-state index < -0.39 is 0 Å². The van der Waals surface area contributed by atoms with Gasteiger partial charge in [-0.25, -0.2) is 24.5 Å². The van der Waals surface area contributed by atoms with E-state index in [0.717, 1.165) is 123 Å². The summed E-state index contributed by atoms with van der Waals surface area (Å²) in [5.74, 6) is 0. The lowest BCUT2D eigenvalue weighted by Gasteiger charge is -2.20. The maximum atomic E-state index is 5.51. The van der Waals surface area contributed by atoms with Crippen LogP contribution in [0, 0.1) is 20.8 Å². The number of allylic oxidation sites excluding steroid dienone is 18. The number of rotatable bonds is 10. The van der Waals surface area contributed by atoms with E-state index in [-0.39, 0.29) is 0 Å². The van der Waals surface area contributed by atoms with Crippen molar-refractivity contribution in [3.8, 4) is 0 Å². The smallest absolute Gasteiger partial charge is 0.176 e. The van der Waals surface area contributed by atoms with Crippen molar-refractivity contribution >= 4 is 45.1 Å². The molecule has 0 aliphatic carbocycles. The van der Waals surface area contributed by atoms with Crippen LogP contribution in [0.5, 0.6) is 0 Å². The van der Waals surface area contributed by atoms with E-state index in [2.05, 4.69) is 230 Å². The summed E-state index contributed by atoms with van der Waals surface area (Å²) in [5, 5.41) is 0. The van der Waals surface area contributed by atoms with Crippen LogP contribution >= 0.6 is 0 Å². The van der Waals surface area contributed by atoms with Crippen molar-refractivity contribution in [2.24, 2.45) is 20.0 Å². The molecule has 1 aromatic heterocycles. The number of nitrogens with zero attached hydrogens (tertiary/aromatic N) is 7. The third-order valence-corrected chi connectivity index (χ3v) is 13.3. The summed E-state index contributed by atoms with van der Waals surface area (Å²) >= 11 is 0. The normalized spacial score (nSPS) is 18.0. The van der Waals surface area contributed by atoms with Crippen LogP contribution in [0.1, 0.15) is 58.2 Å². The molecule has 8 heterocycles. The van der Waals surface area contributed by atoms with Gasteiger partial charge in [-0.3, -0.25) is 0 Å². The molecule has 4 aromatic rings. The first-order chi connectivity index (χ1) is 33.8. The molecule has 0 atom stereocenters. The molecule has 0 radical (unpaired) electrons. The fourth-order valence-corrected chi connectivity index (χ4v) is 9.50. The topological polar surface area (TPSA) is 59.8 Å². The van der Waals surface area contributed by atoms with Gasteiger partial charge in [0, 0.05) is 73.2 Å². The first-order valence-corrected chi connectivity index (χ1v) is 24.0. The molecular weight excluding hydrogens is 843 g/mol. The van der Waals surface area contributed by atoms with Crippen LogP contribution in [0.25, 0.3) is 22.3 Å². The predicted molar refractivity (Wildman–Crippen MR) is 286 cm³/mol. The summed E-state index contributed by atoms with van der Waals surface area (Å²) in [5.41, 5.74) is 21.1. The molecule has 0 amide bonds. The molecule has 336 valence electrons. The highest BCUT2D eigenvalue weighted by Gasteiger charge is 2.28. The molecule has 69 heavy (non-hydrogen) atoms. The van der Waals surface area contributed by atoms with E-state index in [1.54, 1.807) is 0 Å². The molecule has 7 aliphatic heterocycles. The van der Waals surface area contributed by atoms with Gasteiger partial charge in [-0.1, -0.05) is 89.5 Å². The zero-order chi connectivity index (χ0) is 46.8. The van der Waals surface area contributed by atoms with E-state index in [4.69, 9.17) is 20.0 Å². The number of fused-ring (bicyclic) bond motifs is 4. The lowest BCUT2D eigenvalue weighted by molar-refractivity contribution is -0.697. The number of pyridine rings is 1. The zero-order valence-corrected chi connectivity index (χ0v) is 39.6. The molecule has 0 saturated carbocycles. The molecule has 7 aliphatic rings. The van der Waals surface area contributed by atoms with Gasteiger partial charge in [0.05, 0.1) is 51.2 Å². The fourth-order valence-electron chi connectivity index (χ4n) is 9.50. The van der Waals surface area contributed by atoms with Gasteiger partial charge >= 0.3 is 0 Å². The van der Waals surface area contributed by atoms with E-state index in [1.165, 1.54) is 27.8 Å². The highest BCUT2D eigenvalue weighted by atomic mass is 15.1. The van der Waals surface area contributed by atoms with Gasteiger partial charge in [-0.05, 0) is 140 Å². The Hall–Kier alpha value is -8.29. The van der Waals surface area contributed by atoms with Crippen molar-refractivity contribution in [2.75, 3.05) is 13.6 Å². The molecule has 8 bridgehead atoms. The highest BCUT2D eigenvalue weighted by Crippen LogP contribution is 2.38. The number of aliphatic imine (C=N–C) groups is 4. The van der Waals surface area contributed by atoms with Crippen molar-refractivity contribution in [3.05, 3.63) is 268 Å². The highest BCUT2D eigenvalue weighted by molar-refractivity contribution is 6.39. The summed E-state index contributed by atoms with van der Waals surface area (Å²) in [6, 6.07) is 30.4. The minimum Gasteiger partial charge on any atom is -0.357 e. The average molecular weight is 897 g/mol. The molecule has 7 heteroatoms. The van der Waals surface area contributed by atoms with Crippen molar-refractivity contribution in [2.45, 2.75) is 46.6 Å². The van der Waals surface area contributed by atoms with Gasteiger partial charge < -0.3 is 9.80 Å².